The fourth-order valence-corrected chi connectivity index (χ4v) is 4.97. The Kier molecular flexibility index (Phi) is 3.98. The van der Waals surface area contributed by atoms with Gasteiger partial charge in [-0.1, -0.05) is 12.1 Å². The molecule has 3 aliphatic carbocycles. The van der Waals surface area contributed by atoms with Gasteiger partial charge in [0.05, 0.1) is 11.5 Å². The van der Waals surface area contributed by atoms with Crippen LogP contribution in [0.5, 0.6) is 5.75 Å². The van der Waals surface area contributed by atoms with Gasteiger partial charge < -0.3 is 10.2 Å². The molecule has 1 aromatic carbocycles. The molecule has 146 valence electrons. The van der Waals surface area contributed by atoms with Gasteiger partial charge in [-0.25, -0.2) is 5.84 Å². The normalized spacial score (nSPS) is 34.4. The number of phenolic OH excluding ortho intramolecular Hbond substituents is 1. The maximum Gasteiger partial charge on any atom is 0.252 e. The van der Waals surface area contributed by atoms with Gasteiger partial charge in [0.25, 0.3) is 5.91 Å². The first-order valence-electron chi connectivity index (χ1n) is 8.91. The molecule has 5 N–H and O–H groups in total. The number of benzene rings is 1. The number of nitrogens with two attached hydrogens (primary N) is 1. The lowest BCUT2D eigenvalue weighted by Gasteiger charge is -2.48. The highest BCUT2D eigenvalue weighted by Crippen LogP contribution is 2.49. The van der Waals surface area contributed by atoms with Gasteiger partial charge in [-0.15, -0.1) is 0 Å². The van der Waals surface area contributed by atoms with Crippen LogP contribution in [-0.2, 0) is 25.6 Å². The zero-order valence-corrected chi connectivity index (χ0v) is 14.7. The van der Waals surface area contributed by atoms with Crippen LogP contribution in [0.25, 0.3) is 0 Å². The van der Waals surface area contributed by atoms with E-state index >= 15 is 0 Å². The number of phenols is 1. The summed E-state index contributed by atoms with van der Waals surface area (Å²) in [5.41, 5.74) is -0.311. The maximum atomic E-state index is 13.2. The van der Waals surface area contributed by atoms with E-state index in [1.807, 2.05) is 0 Å². The van der Waals surface area contributed by atoms with Crippen molar-refractivity contribution in [1.82, 2.24) is 5.43 Å². The Morgan fingerprint density at radius 3 is 2.54 bits per heavy atom. The first-order valence-corrected chi connectivity index (χ1v) is 8.91. The van der Waals surface area contributed by atoms with Gasteiger partial charge in [-0.05, 0) is 30.4 Å². The van der Waals surface area contributed by atoms with E-state index < -0.39 is 58.3 Å². The molecule has 0 aliphatic heterocycles. The third kappa shape index (κ3) is 2.23. The highest BCUT2D eigenvalue weighted by molar-refractivity contribution is 6.31. The number of fused-ring (bicyclic) bond motifs is 3. The predicted octanol–water partition coefficient (Wildman–Crippen LogP) is -1.17. The minimum Gasteiger partial charge on any atom is -0.507 e. The second kappa shape index (κ2) is 6.05. The third-order valence-electron chi connectivity index (χ3n) is 6.26. The zero-order chi connectivity index (χ0) is 20.4. The summed E-state index contributed by atoms with van der Waals surface area (Å²) < 4.78 is 0. The molecular formula is C19H18N2O7. The number of ketones is 4. The number of hydrogen-bond acceptors (Lipinski definition) is 8. The summed E-state index contributed by atoms with van der Waals surface area (Å²) in [4.78, 5) is 63.2. The Morgan fingerprint density at radius 2 is 1.86 bits per heavy atom. The molecular weight excluding hydrogens is 368 g/mol. The molecule has 2 fully saturated rings. The van der Waals surface area contributed by atoms with Gasteiger partial charge in [0.15, 0.2) is 34.7 Å². The van der Waals surface area contributed by atoms with Gasteiger partial charge in [0, 0.05) is 12.3 Å². The zero-order valence-electron chi connectivity index (χ0n) is 14.7. The van der Waals surface area contributed by atoms with Gasteiger partial charge in [-0.3, -0.25) is 29.4 Å². The topological polar surface area (TPSA) is 164 Å². The number of hydrazine groups is 1. The number of carbonyl (C=O) groups excluding carboxylic acids is 5. The van der Waals surface area contributed by atoms with E-state index in [2.05, 4.69) is 0 Å². The van der Waals surface area contributed by atoms with E-state index in [0.717, 1.165) is 0 Å². The van der Waals surface area contributed by atoms with Gasteiger partial charge in [-0.2, -0.15) is 0 Å². The summed E-state index contributed by atoms with van der Waals surface area (Å²) in [5.74, 6) is -4.69. The summed E-state index contributed by atoms with van der Waals surface area (Å²) in [6, 6.07) is 4.59. The van der Waals surface area contributed by atoms with Crippen LogP contribution < -0.4 is 11.3 Å². The van der Waals surface area contributed by atoms with E-state index in [1.54, 1.807) is 17.6 Å². The van der Waals surface area contributed by atoms with Crippen LogP contribution in [0.15, 0.2) is 18.2 Å². The standard InChI is InChI=1S/C19H18N2O7/c20-21-18(27)14-11(23)6-9-5-8-4-7-2-1-3-10(22)12(7)15(24)13(8)16(25)19(9,28)17(14)26/h1-3,8-9,13-14,22,28H,4-6,20H2,(H,21,27). The molecule has 1 aromatic rings. The summed E-state index contributed by atoms with van der Waals surface area (Å²) in [7, 11) is 0. The Bertz CT molecular complexity index is 956. The van der Waals surface area contributed by atoms with Crippen LogP contribution in [0.1, 0.15) is 28.8 Å². The number of Topliss-reactive ketones (excluding diaryl/α,β-unsaturated/α-hetero) is 4. The van der Waals surface area contributed by atoms with Crippen molar-refractivity contribution in [2.24, 2.45) is 29.5 Å². The fraction of sp³-hybridized carbons (Fsp3) is 0.421. The quantitative estimate of drug-likeness (QED) is 0.203. The van der Waals surface area contributed by atoms with Crippen molar-refractivity contribution in [3.63, 3.8) is 0 Å². The number of rotatable bonds is 1. The minimum atomic E-state index is -2.61. The van der Waals surface area contributed by atoms with Crippen molar-refractivity contribution < 1.29 is 34.2 Å². The Balaban J connectivity index is 1.79. The van der Waals surface area contributed by atoms with Crippen LogP contribution in [0.3, 0.4) is 0 Å². The average molecular weight is 386 g/mol. The lowest BCUT2D eigenvalue weighted by atomic mass is 9.54. The number of hydrogen-bond donors (Lipinski definition) is 4. The Labute approximate surface area is 158 Å². The number of carbonyl (C=O) groups is 5. The molecule has 0 saturated heterocycles. The van der Waals surface area contributed by atoms with E-state index in [4.69, 9.17) is 5.84 Å². The van der Waals surface area contributed by atoms with Crippen LogP contribution >= 0.6 is 0 Å². The first kappa shape index (κ1) is 18.5. The third-order valence-corrected chi connectivity index (χ3v) is 6.26. The van der Waals surface area contributed by atoms with Gasteiger partial charge in [0.2, 0.25) is 0 Å². The minimum absolute atomic E-state index is 0.00901. The molecule has 3 aliphatic rings. The Hall–Kier alpha value is -2.91. The molecule has 0 bridgehead atoms. The second-order valence-electron chi connectivity index (χ2n) is 7.66. The molecule has 9 nitrogen and oxygen atoms in total. The molecule has 28 heavy (non-hydrogen) atoms. The number of nitrogens with one attached hydrogen (secondary N) is 1. The van der Waals surface area contributed by atoms with Crippen molar-refractivity contribution in [3.05, 3.63) is 29.3 Å². The number of amides is 1. The molecule has 9 heteroatoms. The maximum absolute atomic E-state index is 13.2. The van der Waals surface area contributed by atoms with Crippen LogP contribution in [0.2, 0.25) is 0 Å². The van der Waals surface area contributed by atoms with Crippen molar-refractivity contribution >= 4 is 29.0 Å². The molecule has 5 atom stereocenters. The van der Waals surface area contributed by atoms with Crippen molar-refractivity contribution in [1.29, 1.82) is 0 Å². The van der Waals surface area contributed by atoms with E-state index in [0.29, 0.717) is 12.0 Å². The monoisotopic (exact) mass is 386 g/mol. The molecule has 4 rings (SSSR count). The molecule has 0 heterocycles. The van der Waals surface area contributed by atoms with Gasteiger partial charge >= 0.3 is 0 Å². The Morgan fingerprint density at radius 1 is 1.14 bits per heavy atom. The molecule has 1 amide bonds. The second-order valence-corrected chi connectivity index (χ2v) is 7.66. The van der Waals surface area contributed by atoms with Crippen molar-refractivity contribution in [3.8, 4) is 5.75 Å². The van der Waals surface area contributed by atoms with Crippen LogP contribution in [0.4, 0.5) is 0 Å². The first-order chi connectivity index (χ1) is 13.2. The van der Waals surface area contributed by atoms with E-state index in [9.17, 15) is 34.2 Å². The highest BCUT2D eigenvalue weighted by Gasteiger charge is 2.66. The van der Waals surface area contributed by atoms with Crippen LogP contribution in [-0.4, -0.2) is 44.9 Å². The number of aromatic hydroxyl groups is 1. The van der Waals surface area contributed by atoms with Crippen LogP contribution in [0, 0.1) is 23.7 Å². The highest BCUT2D eigenvalue weighted by atomic mass is 16.3. The van der Waals surface area contributed by atoms with E-state index in [1.165, 1.54) is 6.07 Å². The smallest absolute Gasteiger partial charge is 0.252 e. The molecule has 2 saturated carbocycles. The summed E-state index contributed by atoms with van der Waals surface area (Å²) in [6.07, 6.45) is 0.0616. The van der Waals surface area contributed by atoms with E-state index in [-0.39, 0.29) is 24.2 Å². The largest absolute Gasteiger partial charge is 0.507 e. The average Bonchev–Trinajstić information content (AvgIpc) is 2.64. The lowest BCUT2D eigenvalue weighted by Crippen LogP contribution is -2.68. The fourth-order valence-electron chi connectivity index (χ4n) is 4.97. The SMILES string of the molecule is NNC(=O)C1C(=O)CC2CC3Cc4cccc(O)c4C(=O)C3C(=O)C2(O)C1=O. The van der Waals surface area contributed by atoms with Crippen molar-refractivity contribution in [2.45, 2.75) is 24.9 Å². The molecule has 0 spiro atoms. The summed E-state index contributed by atoms with van der Waals surface area (Å²) in [6.45, 7) is 0. The molecule has 0 aromatic heterocycles. The molecule has 5 unspecified atom stereocenters. The lowest BCUT2D eigenvalue weighted by molar-refractivity contribution is -0.175. The summed E-state index contributed by atoms with van der Waals surface area (Å²) in [5, 5.41) is 21.1. The van der Waals surface area contributed by atoms with Gasteiger partial charge in [0.1, 0.15) is 5.75 Å². The summed E-state index contributed by atoms with van der Waals surface area (Å²) >= 11 is 0. The van der Waals surface area contributed by atoms with Crippen molar-refractivity contribution in [2.75, 3.05) is 0 Å². The predicted molar refractivity (Wildman–Crippen MR) is 91.6 cm³/mol. The number of aliphatic hydroxyl groups is 1. The molecule has 0 radical (unpaired) electrons.